The largest absolute Gasteiger partial charge is 0.450 e. The summed E-state index contributed by atoms with van der Waals surface area (Å²) in [5, 5.41) is 4.76. The van der Waals surface area contributed by atoms with Gasteiger partial charge in [-0.3, -0.25) is 0 Å². The third kappa shape index (κ3) is 3.79. The highest BCUT2D eigenvalue weighted by Crippen LogP contribution is 2.35. The molecule has 9 heteroatoms. The molecular formula is C24H22N6O2S. The highest BCUT2D eigenvalue weighted by atomic mass is 32.1. The zero-order chi connectivity index (χ0) is 22.4. The summed E-state index contributed by atoms with van der Waals surface area (Å²) in [6.07, 6.45) is 1.90. The third-order valence-corrected chi connectivity index (χ3v) is 6.53. The molecule has 0 atom stereocenters. The summed E-state index contributed by atoms with van der Waals surface area (Å²) in [5.41, 5.74) is 5.52. The maximum absolute atomic E-state index is 6.26. The summed E-state index contributed by atoms with van der Waals surface area (Å²) < 4.78 is 17.9. The van der Waals surface area contributed by atoms with Gasteiger partial charge in [-0.2, -0.15) is 14.5 Å². The van der Waals surface area contributed by atoms with Crippen molar-refractivity contribution in [3.05, 3.63) is 59.9 Å². The molecule has 5 aromatic rings. The average molecular weight is 459 g/mol. The topological polar surface area (TPSA) is 82.1 Å². The van der Waals surface area contributed by atoms with E-state index in [9.17, 15) is 0 Å². The van der Waals surface area contributed by atoms with Gasteiger partial charge < -0.3 is 14.1 Å². The summed E-state index contributed by atoms with van der Waals surface area (Å²) in [7, 11) is 0. The van der Waals surface area contributed by atoms with Crippen LogP contribution in [0.2, 0.25) is 0 Å². The quantitative estimate of drug-likeness (QED) is 0.388. The number of aryl methyl sites for hydroxylation is 2. The number of ether oxygens (including phenoxy) is 1. The Morgan fingerprint density at radius 3 is 2.67 bits per heavy atom. The Morgan fingerprint density at radius 1 is 1.00 bits per heavy atom. The molecule has 1 aliphatic rings. The van der Waals surface area contributed by atoms with Crippen LogP contribution in [0.25, 0.3) is 38.9 Å². The molecule has 8 nitrogen and oxygen atoms in total. The van der Waals surface area contributed by atoms with Gasteiger partial charge in [-0.15, -0.1) is 0 Å². The molecule has 0 saturated carbocycles. The predicted octanol–water partition coefficient (Wildman–Crippen LogP) is 4.65. The Balaban J connectivity index is 1.47. The van der Waals surface area contributed by atoms with Crippen LogP contribution in [0.4, 0.5) is 5.82 Å². The van der Waals surface area contributed by atoms with Crippen LogP contribution < -0.4 is 4.90 Å². The molecule has 1 aliphatic heterocycles. The van der Waals surface area contributed by atoms with E-state index in [-0.39, 0.29) is 0 Å². The van der Waals surface area contributed by atoms with Gasteiger partial charge in [0.1, 0.15) is 11.3 Å². The number of morpholine rings is 1. The molecule has 1 saturated heterocycles. The van der Waals surface area contributed by atoms with Gasteiger partial charge in [0.2, 0.25) is 0 Å². The average Bonchev–Trinajstić information content (AvgIpc) is 3.58. The van der Waals surface area contributed by atoms with Gasteiger partial charge in [-0.25, -0.2) is 9.67 Å². The van der Waals surface area contributed by atoms with E-state index >= 15 is 0 Å². The van der Waals surface area contributed by atoms with Crippen molar-refractivity contribution in [2.75, 3.05) is 31.2 Å². The molecule has 0 radical (unpaired) electrons. The number of furan rings is 1. The lowest BCUT2D eigenvalue weighted by atomic mass is 10.1. The minimum atomic E-state index is 0.510. The van der Waals surface area contributed by atoms with E-state index < -0.39 is 0 Å². The molecule has 166 valence electrons. The molecule has 5 heterocycles. The lowest BCUT2D eigenvalue weighted by Crippen LogP contribution is -2.37. The van der Waals surface area contributed by atoms with Gasteiger partial charge in [-0.05, 0) is 43.6 Å². The molecule has 0 amide bonds. The molecular weight excluding hydrogens is 436 g/mol. The van der Waals surface area contributed by atoms with Crippen molar-refractivity contribution in [1.29, 1.82) is 0 Å². The summed E-state index contributed by atoms with van der Waals surface area (Å²) in [5.74, 6) is 2.02. The fourth-order valence-corrected chi connectivity index (χ4v) is 4.70. The number of hydrogen-bond donors (Lipinski definition) is 0. The van der Waals surface area contributed by atoms with Crippen molar-refractivity contribution >= 4 is 28.5 Å². The normalized spacial score (nSPS) is 14.3. The first-order valence-corrected chi connectivity index (χ1v) is 11.6. The first-order chi connectivity index (χ1) is 16.1. The van der Waals surface area contributed by atoms with Gasteiger partial charge >= 0.3 is 0 Å². The number of nitrogens with zero attached hydrogens (tertiary/aromatic N) is 6. The van der Waals surface area contributed by atoms with Crippen LogP contribution in [0.1, 0.15) is 11.3 Å². The van der Waals surface area contributed by atoms with Crippen molar-refractivity contribution < 1.29 is 9.15 Å². The van der Waals surface area contributed by atoms with E-state index in [1.54, 1.807) is 4.68 Å². The monoisotopic (exact) mass is 458 g/mol. The minimum absolute atomic E-state index is 0.510. The highest BCUT2D eigenvalue weighted by Gasteiger charge is 2.22. The Kier molecular flexibility index (Phi) is 4.92. The number of benzene rings is 1. The summed E-state index contributed by atoms with van der Waals surface area (Å²) in [4.78, 5) is 12.8. The number of anilines is 1. The van der Waals surface area contributed by atoms with Gasteiger partial charge in [0.15, 0.2) is 11.4 Å². The zero-order valence-corrected chi connectivity index (χ0v) is 19.2. The maximum atomic E-state index is 6.26. The van der Waals surface area contributed by atoms with E-state index in [1.807, 2.05) is 37.4 Å². The second kappa shape index (κ2) is 8.09. The van der Waals surface area contributed by atoms with E-state index in [0.717, 1.165) is 52.0 Å². The van der Waals surface area contributed by atoms with Crippen molar-refractivity contribution in [1.82, 2.24) is 24.1 Å². The van der Waals surface area contributed by atoms with Crippen LogP contribution in [0.3, 0.4) is 0 Å². The number of rotatable bonds is 4. The first kappa shape index (κ1) is 20.1. The molecule has 33 heavy (non-hydrogen) atoms. The Bertz CT molecular complexity index is 1450. The second-order valence-electron chi connectivity index (χ2n) is 8.12. The van der Waals surface area contributed by atoms with Crippen LogP contribution in [-0.4, -0.2) is 50.4 Å². The van der Waals surface area contributed by atoms with Crippen molar-refractivity contribution in [2.24, 2.45) is 0 Å². The molecule has 0 N–H and O–H groups in total. The molecule has 0 unspecified atom stereocenters. The smallest absolute Gasteiger partial charge is 0.253 e. The molecule has 0 spiro atoms. The molecule has 0 aliphatic carbocycles. The zero-order valence-electron chi connectivity index (χ0n) is 18.4. The molecule has 4 aromatic heterocycles. The molecule has 1 fully saturated rings. The van der Waals surface area contributed by atoms with Crippen LogP contribution in [0, 0.1) is 13.8 Å². The van der Waals surface area contributed by atoms with Gasteiger partial charge in [0.25, 0.3) is 5.95 Å². The fourth-order valence-electron chi connectivity index (χ4n) is 3.99. The molecule has 1 aromatic carbocycles. The first-order valence-electron chi connectivity index (χ1n) is 10.8. The Labute approximate surface area is 194 Å². The van der Waals surface area contributed by atoms with Gasteiger partial charge in [-0.1, -0.05) is 23.8 Å². The number of fused-ring (bicyclic) bond motifs is 1. The third-order valence-electron chi connectivity index (χ3n) is 5.63. The SMILES string of the molecule is Cc1cccc(-c2ccn(-c3nc(N4CCOCC4)c4oc(-c5cc(C)ns5)cc4n3)n2)c1. The molecule has 6 rings (SSSR count). The van der Waals surface area contributed by atoms with Crippen molar-refractivity contribution in [2.45, 2.75) is 13.8 Å². The summed E-state index contributed by atoms with van der Waals surface area (Å²) in [6.45, 7) is 6.85. The van der Waals surface area contributed by atoms with E-state index in [2.05, 4.69) is 34.4 Å². The highest BCUT2D eigenvalue weighted by molar-refractivity contribution is 7.09. The number of aromatic nitrogens is 5. The van der Waals surface area contributed by atoms with Gasteiger partial charge in [0, 0.05) is 30.9 Å². The van der Waals surface area contributed by atoms with Crippen molar-refractivity contribution in [3.63, 3.8) is 0 Å². The summed E-state index contributed by atoms with van der Waals surface area (Å²) in [6, 6.07) is 14.3. The fraction of sp³-hybridized carbons (Fsp3) is 0.250. The van der Waals surface area contributed by atoms with Crippen molar-refractivity contribution in [3.8, 4) is 27.8 Å². The maximum Gasteiger partial charge on any atom is 0.253 e. The lowest BCUT2D eigenvalue weighted by molar-refractivity contribution is 0.122. The Morgan fingerprint density at radius 2 is 1.88 bits per heavy atom. The minimum Gasteiger partial charge on any atom is -0.450 e. The van der Waals surface area contributed by atoms with E-state index in [0.29, 0.717) is 24.7 Å². The predicted molar refractivity (Wildman–Crippen MR) is 128 cm³/mol. The standard InChI is InChI=1S/C24H22N6O2S/c1-15-4-3-5-17(12-15)18-6-7-30(27-18)24-25-19-14-20(21-13-16(2)28-33-21)32-22(19)23(26-24)29-8-10-31-11-9-29/h3-7,12-14H,8-11H2,1-2H3. The van der Waals surface area contributed by atoms with Crippen LogP contribution in [0.5, 0.6) is 0 Å². The van der Waals surface area contributed by atoms with Crippen LogP contribution in [0.15, 0.2) is 53.1 Å². The molecule has 0 bridgehead atoms. The summed E-state index contributed by atoms with van der Waals surface area (Å²) >= 11 is 1.42. The van der Waals surface area contributed by atoms with Crippen LogP contribution >= 0.6 is 11.5 Å². The van der Waals surface area contributed by atoms with E-state index in [4.69, 9.17) is 24.2 Å². The second-order valence-corrected chi connectivity index (χ2v) is 8.92. The Hall–Kier alpha value is -3.56. The van der Waals surface area contributed by atoms with E-state index in [1.165, 1.54) is 17.1 Å². The lowest BCUT2D eigenvalue weighted by Gasteiger charge is -2.27. The van der Waals surface area contributed by atoms with Crippen LogP contribution in [-0.2, 0) is 4.74 Å². The van der Waals surface area contributed by atoms with Gasteiger partial charge in [0.05, 0.1) is 29.5 Å². The number of hydrogen-bond acceptors (Lipinski definition) is 8.